The van der Waals surface area contributed by atoms with Crippen LogP contribution in [-0.2, 0) is 16.0 Å². The molecule has 0 saturated heterocycles. The zero-order valence-electron chi connectivity index (χ0n) is 19.4. The van der Waals surface area contributed by atoms with Crippen LogP contribution in [0, 0.1) is 12.8 Å². The molecule has 0 bridgehead atoms. The Balaban J connectivity index is 1.98. The molecule has 0 aliphatic heterocycles. The first-order chi connectivity index (χ1) is 16.2. The van der Waals surface area contributed by atoms with Crippen LogP contribution in [0.4, 0.5) is 17.1 Å². The molecule has 3 rings (SSSR count). The predicted molar refractivity (Wildman–Crippen MR) is 131 cm³/mol. The van der Waals surface area contributed by atoms with Crippen LogP contribution in [0.5, 0.6) is 17.2 Å². The van der Waals surface area contributed by atoms with E-state index in [-0.39, 0.29) is 11.3 Å². The van der Waals surface area contributed by atoms with Crippen molar-refractivity contribution in [2.24, 2.45) is 5.92 Å². The second-order valence-corrected chi connectivity index (χ2v) is 8.82. The Hall–Kier alpha value is -3.56. The fourth-order valence-corrected chi connectivity index (χ4v) is 3.72. The second-order valence-electron chi connectivity index (χ2n) is 8.02. The van der Waals surface area contributed by atoms with Crippen molar-refractivity contribution in [3.8, 4) is 17.2 Å². The zero-order chi connectivity index (χ0) is 24.8. The average Bonchev–Trinajstić information content (AvgIpc) is 2.80. The molecule has 8 nitrogen and oxygen atoms in total. The standard InChI is InChI=1S/C25H28N2O6S/c1-16(2)15-32-24-14-20(9-11-22(24)26)33-19-10-12-23(21(13-19)25(28)31-4)27(34(29)30)18-7-5-17(3)6-8-18/h5-14,16H,15,26H2,1-4H3,(H,29,30)/p-1. The number of aryl methyl sites for hydroxylation is 1. The molecule has 0 aliphatic rings. The van der Waals surface area contributed by atoms with Gasteiger partial charge in [0.15, 0.2) is 0 Å². The van der Waals surface area contributed by atoms with Crippen LogP contribution < -0.4 is 19.5 Å². The third-order valence-electron chi connectivity index (χ3n) is 4.80. The predicted octanol–water partition coefficient (Wildman–Crippen LogP) is 5.12. The monoisotopic (exact) mass is 483 g/mol. The van der Waals surface area contributed by atoms with Crippen molar-refractivity contribution in [2.75, 3.05) is 23.8 Å². The third-order valence-corrected chi connectivity index (χ3v) is 5.51. The number of carbonyl (C=O) groups is 1. The Bertz CT molecular complexity index is 1180. The number of methoxy groups -OCH3 is 1. The molecule has 0 amide bonds. The van der Waals surface area contributed by atoms with Gasteiger partial charge in [0.1, 0.15) is 17.2 Å². The molecule has 0 fully saturated rings. The first-order valence-corrected chi connectivity index (χ1v) is 11.6. The number of benzene rings is 3. The van der Waals surface area contributed by atoms with Crippen LogP contribution in [0.2, 0.25) is 0 Å². The molecule has 3 aromatic carbocycles. The first kappa shape index (κ1) is 25.1. The fraction of sp³-hybridized carbons (Fsp3) is 0.240. The molecule has 1 unspecified atom stereocenters. The maximum absolute atomic E-state index is 12.6. The van der Waals surface area contributed by atoms with E-state index in [1.165, 1.54) is 19.2 Å². The maximum Gasteiger partial charge on any atom is 0.340 e. The molecule has 0 aliphatic carbocycles. The van der Waals surface area contributed by atoms with Gasteiger partial charge in [-0.1, -0.05) is 31.5 Å². The summed E-state index contributed by atoms with van der Waals surface area (Å²) in [6.45, 7) is 6.45. The number of nitrogens with zero attached hydrogens (tertiary/aromatic N) is 1. The summed E-state index contributed by atoms with van der Waals surface area (Å²) in [6.07, 6.45) is 0. The first-order valence-electron chi connectivity index (χ1n) is 10.6. The molecule has 9 heteroatoms. The smallest absolute Gasteiger partial charge is 0.340 e. The van der Waals surface area contributed by atoms with E-state index in [2.05, 4.69) is 0 Å². The van der Waals surface area contributed by atoms with Gasteiger partial charge in [0.25, 0.3) is 0 Å². The molecule has 0 saturated carbocycles. The van der Waals surface area contributed by atoms with Gasteiger partial charge in [0.05, 0.1) is 47.6 Å². The molecule has 0 spiro atoms. The molecular weight excluding hydrogens is 456 g/mol. The number of anilines is 3. The lowest BCUT2D eigenvalue weighted by atomic mass is 10.1. The Morgan fingerprint density at radius 2 is 1.71 bits per heavy atom. The Labute approximate surface area is 201 Å². The van der Waals surface area contributed by atoms with Crippen LogP contribution in [-0.4, -0.2) is 28.4 Å². The van der Waals surface area contributed by atoms with Gasteiger partial charge >= 0.3 is 5.97 Å². The van der Waals surface area contributed by atoms with E-state index >= 15 is 0 Å². The number of hydrogen-bond acceptors (Lipinski definition) is 7. The number of rotatable bonds is 9. The van der Waals surface area contributed by atoms with E-state index in [4.69, 9.17) is 19.9 Å². The summed E-state index contributed by atoms with van der Waals surface area (Å²) >= 11 is -2.69. The summed E-state index contributed by atoms with van der Waals surface area (Å²) in [4.78, 5) is 12.6. The minimum atomic E-state index is -2.69. The van der Waals surface area contributed by atoms with E-state index in [0.717, 1.165) is 9.87 Å². The summed E-state index contributed by atoms with van der Waals surface area (Å²) in [6, 6.07) is 16.4. The minimum absolute atomic E-state index is 0.0245. The lowest BCUT2D eigenvalue weighted by molar-refractivity contribution is 0.0601. The Morgan fingerprint density at radius 1 is 1.06 bits per heavy atom. The summed E-state index contributed by atoms with van der Waals surface area (Å²) in [5.41, 5.74) is 7.97. The van der Waals surface area contributed by atoms with Crippen LogP contribution in [0.3, 0.4) is 0 Å². The van der Waals surface area contributed by atoms with Gasteiger partial charge in [0, 0.05) is 6.07 Å². The van der Waals surface area contributed by atoms with Crippen molar-refractivity contribution >= 4 is 34.3 Å². The van der Waals surface area contributed by atoms with Crippen molar-refractivity contribution in [3.63, 3.8) is 0 Å². The number of carbonyl (C=O) groups excluding carboxylic acids is 1. The highest BCUT2D eigenvalue weighted by molar-refractivity contribution is 7.81. The van der Waals surface area contributed by atoms with Gasteiger partial charge < -0.3 is 24.5 Å². The largest absolute Gasteiger partial charge is 0.755 e. The third kappa shape index (κ3) is 6.06. The van der Waals surface area contributed by atoms with Crippen molar-refractivity contribution in [3.05, 3.63) is 71.8 Å². The van der Waals surface area contributed by atoms with Crippen LogP contribution in [0.1, 0.15) is 29.8 Å². The van der Waals surface area contributed by atoms with Crippen molar-refractivity contribution in [1.82, 2.24) is 0 Å². The van der Waals surface area contributed by atoms with Crippen LogP contribution >= 0.6 is 0 Å². The fourth-order valence-electron chi connectivity index (χ4n) is 3.11. The quantitative estimate of drug-likeness (QED) is 0.255. The van der Waals surface area contributed by atoms with Crippen molar-refractivity contribution in [1.29, 1.82) is 0 Å². The second kappa shape index (κ2) is 11.0. The highest BCUT2D eigenvalue weighted by Crippen LogP contribution is 2.36. The topological polar surface area (TPSA) is 114 Å². The number of nitrogens with two attached hydrogens (primary N) is 1. The average molecular weight is 484 g/mol. The van der Waals surface area contributed by atoms with Gasteiger partial charge in [0.2, 0.25) is 0 Å². The lowest BCUT2D eigenvalue weighted by Crippen LogP contribution is -2.22. The van der Waals surface area contributed by atoms with E-state index in [1.54, 1.807) is 48.5 Å². The van der Waals surface area contributed by atoms with Gasteiger partial charge in [-0.15, -0.1) is 0 Å². The minimum Gasteiger partial charge on any atom is -0.755 e. The molecule has 1 atom stereocenters. The molecule has 2 N–H and O–H groups in total. The van der Waals surface area contributed by atoms with Gasteiger partial charge in [-0.3, -0.25) is 8.51 Å². The summed E-state index contributed by atoms with van der Waals surface area (Å²) in [7, 11) is 1.22. The Morgan fingerprint density at radius 3 is 2.32 bits per heavy atom. The Kier molecular flexibility index (Phi) is 8.14. The number of nitrogen functional groups attached to an aromatic ring is 1. The maximum atomic E-state index is 12.6. The normalized spacial score (nSPS) is 11.7. The molecule has 0 heterocycles. The summed E-state index contributed by atoms with van der Waals surface area (Å²) < 4.78 is 41.8. The SMILES string of the molecule is COC(=O)c1cc(Oc2ccc(N)c(OCC(C)C)c2)ccc1N(c1ccc(C)cc1)S(=O)[O-]. The highest BCUT2D eigenvalue weighted by atomic mass is 32.2. The number of esters is 1. The molecule has 3 aromatic rings. The molecular formula is C25H27N2O6S-. The molecule has 34 heavy (non-hydrogen) atoms. The van der Waals surface area contributed by atoms with E-state index in [0.29, 0.717) is 41.1 Å². The summed E-state index contributed by atoms with van der Waals surface area (Å²) in [5, 5.41) is 0. The molecule has 0 radical (unpaired) electrons. The molecule has 0 aromatic heterocycles. The van der Waals surface area contributed by atoms with Gasteiger partial charge in [-0.25, -0.2) is 4.79 Å². The van der Waals surface area contributed by atoms with Gasteiger partial charge in [-0.05, 0) is 55.3 Å². The van der Waals surface area contributed by atoms with E-state index in [1.807, 2.05) is 20.8 Å². The number of hydrogen-bond donors (Lipinski definition) is 1. The van der Waals surface area contributed by atoms with E-state index < -0.39 is 17.2 Å². The van der Waals surface area contributed by atoms with E-state index in [9.17, 15) is 13.6 Å². The van der Waals surface area contributed by atoms with Crippen LogP contribution in [0.15, 0.2) is 60.7 Å². The lowest BCUT2D eigenvalue weighted by Gasteiger charge is -2.28. The molecule has 180 valence electrons. The highest BCUT2D eigenvalue weighted by Gasteiger charge is 2.21. The van der Waals surface area contributed by atoms with Crippen molar-refractivity contribution in [2.45, 2.75) is 20.8 Å². The van der Waals surface area contributed by atoms with Crippen LogP contribution in [0.25, 0.3) is 0 Å². The number of ether oxygens (including phenoxy) is 3. The zero-order valence-corrected chi connectivity index (χ0v) is 20.3. The summed E-state index contributed by atoms with van der Waals surface area (Å²) in [5.74, 6) is 0.857. The van der Waals surface area contributed by atoms with Gasteiger partial charge in [-0.2, -0.15) is 0 Å². The van der Waals surface area contributed by atoms with Crippen molar-refractivity contribution < 1.29 is 27.8 Å².